The average molecular weight is 373 g/mol. The first-order valence-electron chi connectivity index (χ1n) is 8.31. The van der Waals surface area contributed by atoms with E-state index in [1.807, 2.05) is 0 Å². The highest BCUT2D eigenvalue weighted by atomic mass is 35.5. The summed E-state index contributed by atoms with van der Waals surface area (Å²) < 4.78 is 24.5. The summed E-state index contributed by atoms with van der Waals surface area (Å²) >= 11 is 0. The minimum absolute atomic E-state index is 0. The summed E-state index contributed by atoms with van der Waals surface area (Å²) in [7, 11) is -3.34. The fourth-order valence-corrected chi connectivity index (χ4v) is 5.09. The zero-order chi connectivity index (χ0) is 16.3. The lowest BCUT2D eigenvalue weighted by Gasteiger charge is -2.37. The van der Waals surface area contributed by atoms with E-state index in [1.54, 1.807) is 30.3 Å². The van der Waals surface area contributed by atoms with E-state index >= 15 is 0 Å². The van der Waals surface area contributed by atoms with Crippen molar-refractivity contribution in [1.82, 2.24) is 10.6 Å². The quantitative estimate of drug-likeness (QED) is 0.826. The number of hydrogen-bond acceptors (Lipinski definition) is 4. The van der Waals surface area contributed by atoms with E-state index in [2.05, 4.69) is 10.6 Å². The Kier molecular flexibility index (Phi) is 6.28. The normalized spacial score (nSPS) is 26.2. The average Bonchev–Trinajstić information content (AvgIpc) is 3.00. The van der Waals surface area contributed by atoms with Crippen LogP contribution in [-0.2, 0) is 14.6 Å². The van der Waals surface area contributed by atoms with Crippen molar-refractivity contribution >= 4 is 28.2 Å². The summed E-state index contributed by atoms with van der Waals surface area (Å²) in [6.07, 6.45) is 4.25. The highest BCUT2D eigenvalue weighted by molar-refractivity contribution is 7.91. The van der Waals surface area contributed by atoms with E-state index in [0.717, 1.165) is 32.4 Å². The van der Waals surface area contributed by atoms with Crippen LogP contribution in [0.4, 0.5) is 0 Å². The number of fused-ring (bicyclic) bond motifs is 1. The van der Waals surface area contributed by atoms with Crippen LogP contribution in [0.25, 0.3) is 0 Å². The van der Waals surface area contributed by atoms with Gasteiger partial charge in [-0.2, -0.15) is 0 Å². The lowest BCUT2D eigenvalue weighted by molar-refractivity contribution is -0.133. The van der Waals surface area contributed by atoms with Gasteiger partial charge in [-0.05, 0) is 37.4 Å². The van der Waals surface area contributed by atoms with Gasteiger partial charge in [-0.3, -0.25) is 4.79 Å². The van der Waals surface area contributed by atoms with Crippen LogP contribution >= 0.6 is 12.4 Å². The number of carbonyl (C=O) groups is 1. The molecule has 2 aliphatic rings. The number of sulfone groups is 1. The maximum atomic E-state index is 12.7. The smallest absolute Gasteiger partial charge is 0.227 e. The second kappa shape index (κ2) is 7.85. The molecule has 0 bridgehead atoms. The van der Waals surface area contributed by atoms with Gasteiger partial charge in [0.2, 0.25) is 5.91 Å². The van der Waals surface area contributed by atoms with Gasteiger partial charge in [-0.1, -0.05) is 31.0 Å². The number of nitrogens with one attached hydrogen (secondary N) is 2. The maximum absolute atomic E-state index is 12.7. The minimum Gasteiger partial charge on any atom is -0.355 e. The third-order valence-electron chi connectivity index (χ3n) is 5.25. The predicted octanol–water partition coefficient (Wildman–Crippen LogP) is 1.78. The Balaban J connectivity index is 0.00000208. The molecule has 1 amide bonds. The van der Waals surface area contributed by atoms with Crippen molar-refractivity contribution in [2.75, 3.05) is 25.4 Å². The number of carbonyl (C=O) groups excluding carboxylic acids is 1. The molecule has 0 radical (unpaired) electrons. The van der Waals surface area contributed by atoms with Crippen LogP contribution in [0.1, 0.15) is 25.7 Å². The third kappa shape index (κ3) is 3.76. The second-order valence-corrected chi connectivity index (χ2v) is 8.73. The van der Waals surface area contributed by atoms with E-state index in [4.69, 9.17) is 0 Å². The summed E-state index contributed by atoms with van der Waals surface area (Å²) in [4.78, 5) is 13.0. The summed E-state index contributed by atoms with van der Waals surface area (Å²) in [6.45, 7) is 1.79. The summed E-state index contributed by atoms with van der Waals surface area (Å²) in [5.74, 6) is 0.356. The van der Waals surface area contributed by atoms with Crippen molar-refractivity contribution in [3.05, 3.63) is 30.3 Å². The SMILES string of the molecule is Cl.O=C(NCCS(=O)(=O)c1ccccc1)[C@@]12CCCC[C@H]1CNC2. The minimum atomic E-state index is -3.34. The van der Waals surface area contributed by atoms with Gasteiger partial charge in [0, 0.05) is 13.1 Å². The number of rotatable bonds is 5. The van der Waals surface area contributed by atoms with Crippen molar-refractivity contribution in [3.63, 3.8) is 0 Å². The van der Waals surface area contributed by atoms with Crippen molar-refractivity contribution in [2.45, 2.75) is 30.6 Å². The zero-order valence-electron chi connectivity index (χ0n) is 13.7. The molecule has 1 aromatic carbocycles. The predicted molar refractivity (Wildman–Crippen MR) is 96.0 cm³/mol. The van der Waals surface area contributed by atoms with Gasteiger partial charge < -0.3 is 10.6 Å². The van der Waals surface area contributed by atoms with Crippen molar-refractivity contribution in [3.8, 4) is 0 Å². The molecule has 2 fully saturated rings. The van der Waals surface area contributed by atoms with Crippen molar-refractivity contribution < 1.29 is 13.2 Å². The second-order valence-electron chi connectivity index (χ2n) is 6.62. The first-order chi connectivity index (χ1) is 11.0. The molecule has 2 N–H and O–H groups in total. The van der Waals surface area contributed by atoms with E-state index in [-0.39, 0.29) is 36.0 Å². The van der Waals surface area contributed by atoms with Gasteiger partial charge in [0.05, 0.1) is 16.1 Å². The lowest BCUT2D eigenvalue weighted by atomic mass is 9.67. The van der Waals surface area contributed by atoms with E-state index in [9.17, 15) is 13.2 Å². The Morgan fingerprint density at radius 3 is 2.75 bits per heavy atom. The van der Waals surface area contributed by atoms with Gasteiger partial charge in [-0.25, -0.2) is 8.42 Å². The Hall–Kier alpha value is -1.11. The van der Waals surface area contributed by atoms with Gasteiger partial charge in [0.25, 0.3) is 0 Å². The maximum Gasteiger partial charge on any atom is 0.227 e. The molecule has 0 unspecified atom stereocenters. The molecule has 1 heterocycles. The Morgan fingerprint density at radius 1 is 1.25 bits per heavy atom. The van der Waals surface area contributed by atoms with Crippen LogP contribution in [0.3, 0.4) is 0 Å². The van der Waals surface area contributed by atoms with Crippen LogP contribution in [0.15, 0.2) is 35.2 Å². The Morgan fingerprint density at radius 2 is 2.00 bits per heavy atom. The molecule has 3 rings (SSSR count). The van der Waals surface area contributed by atoms with E-state index < -0.39 is 9.84 Å². The number of amides is 1. The van der Waals surface area contributed by atoms with E-state index in [0.29, 0.717) is 10.8 Å². The molecule has 2 atom stereocenters. The summed E-state index contributed by atoms with van der Waals surface area (Å²) in [5.41, 5.74) is -0.325. The first kappa shape index (κ1) is 19.2. The summed E-state index contributed by atoms with van der Waals surface area (Å²) in [6, 6.07) is 8.39. The van der Waals surface area contributed by atoms with Crippen molar-refractivity contribution in [2.24, 2.45) is 11.3 Å². The molecule has 0 aromatic heterocycles. The third-order valence-corrected chi connectivity index (χ3v) is 6.98. The lowest BCUT2D eigenvalue weighted by Crippen LogP contribution is -2.48. The van der Waals surface area contributed by atoms with Crippen LogP contribution in [0, 0.1) is 11.3 Å². The highest BCUT2D eigenvalue weighted by Crippen LogP contribution is 2.43. The number of hydrogen-bond donors (Lipinski definition) is 2. The fourth-order valence-electron chi connectivity index (χ4n) is 3.91. The van der Waals surface area contributed by atoms with Gasteiger partial charge in [0.15, 0.2) is 9.84 Å². The fraction of sp³-hybridized carbons (Fsp3) is 0.588. The molecule has 7 heteroatoms. The molecule has 1 aliphatic heterocycles. The van der Waals surface area contributed by atoms with Gasteiger partial charge >= 0.3 is 0 Å². The number of benzene rings is 1. The standard InChI is InChI=1S/C17H24N2O3S.ClH/c20-16(17-9-5-4-6-14(17)12-18-13-17)19-10-11-23(21,22)15-7-2-1-3-8-15;/h1-3,7-8,14,18H,4-6,9-13H2,(H,19,20);1H/t14-,17+;/m0./s1. The molecular weight excluding hydrogens is 348 g/mol. The highest BCUT2D eigenvalue weighted by Gasteiger charge is 2.49. The molecule has 1 aromatic rings. The number of halogens is 1. The van der Waals surface area contributed by atoms with Crippen molar-refractivity contribution in [1.29, 1.82) is 0 Å². The van der Waals surface area contributed by atoms with Crippen LogP contribution in [0.2, 0.25) is 0 Å². The molecule has 5 nitrogen and oxygen atoms in total. The molecular formula is C17H25ClN2O3S. The summed E-state index contributed by atoms with van der Waals surface area (Å²) in [5, 5.41) is 6.22. The molecule has 1 saturated carbocycles. The molecule has 134 valence electrons. The monoisotopic (exact) mass is 372 g/mol. The van der Waals surface area contributed by atoms with Crippen LogP contribution in [-0.4, -0.2) is 39.7 Å². The van der Waals surface area contributed by atoms with Crippen LogP contribution in [0.5, 0.6) is 0 Å². The van der Waals surface area contributed by atoms with Crippen LogP contribution < -0.4 is 10.6 Å². The Bertz CT molecular complexity index is 666. The van der Waals surface area contributed by atoms with Gasteiger partial charge in [-0.15, -0.1) is 12.4 Å². The topological polar surface area (TPSA) is 75.3 Å². The first-order valence-corrected chi connectivity index (χ1v) is 9.97. The molecule has 24 heavy (non-hydrogen) atoms. The largest absolute Gasteiger partial charge is 0.355 e. The zero-order valence-corrected chi connectivity index (χ0v) is 15.3. The molecule has 1 saturated heterocycles. The Labute approximate surface area is 149 Å². The van der Waals surface area contributed by atoms with Gasteiger partial charge in [0.1, 0.15) is 0 Å². The van der Waals surface area contributed by atoms with E-state index in [1.165, 1.54) is 6.42 Å². The molecule has 1 aliphatic carbocycles. The molecule has 0 spiro atoms.